The van der Waals surface area contributed by atoms with Gasteiger partial charge in [-0.3, -0.25) is 0 Å². The molecule has 0 aliphatic carbocycles. The zero-order valence-corrected chi connectivity index (χ0v) is 15.1. The van der Waals surface area contributed by atoms with Crippen LogP contribution in [-0.2, 0) is 6.54 Å². The smallest absolute Gasteiger partial charge is 0.156 e. The van der Waals surface area contributed by atoms with Gasteiger partial charge in [-0.1, -0.05) is 53.7 Å². The van der Waals surface area contributed by atoms with Crippen molar-refractivity contribution in [3.05, 3.63) is 76.4 Å². The molecule has 4 nitrogen and oxygen atoms in total. The SMILES string of the molecule is CC1=Nc2c(cnn2Cc2ccccc2Cl)[C@@H](c2ccc(O)cc2)S1. The van der Waals surface area contributed by atoms with Crippen molar-refractivity contribution in [2.45, 2.75) is 18.7 Å². The van der Waals surface area contributed by atoms with Crippen molar-refractivity contribution in [1.29, 1.82) is 0 Å². The van der Waals surface area contributed by atoms with E-state index < -0.39 is 0 Å². The van der Waals surface area contributed by atoms with Gasteiger partial charge in [0, 0.05) is 10.6 Å². The van der Waals surface area contributed by atoms with Crippen LogP contribution in [0.5, 0.6) is 5.75 Å². The van der Waals surface area contributed by atoms with Crippen LogP contribution in [0.2, 0.25) is 5.02 Å². The maximum atomic E-state index is 9.54. The van der Waals surface area contributed by atoms with E-state index in [4.69, 9.17) is 16.6 Å². The number of rotatable bonds is 3. The first-order valence-corrected chi connectivity index (χ1v) is 9.17. The van der Waals surface area contributed by atoms with Crippen LogP contribution in [0.15, 0.2) is 59.7 Å². The van der Waals surface area contributed by atoms with Gasteiger partial charge in [-0.2, -0.15) is 5.10 Å². The van der Waals surface area contributed by atoms with E-state index in [1.165, 1.54) is 0 Å². The number of hydrogen-bond acceptors (Lipinski definition) is 4. The third-order valence-corrected chi connectivity index (χ3v) is 5.71. The number of hydrogen-bond donors (Lipinski definition) is 1. The first-order valence-electron chi connectivity index (χ1n) is 7.92. The molecule has 2 heterocycles. The summed E-state index contributed by atoms with van der Waals surface area (Å²) in [5, 5.41) is 15.9. The molecule has 0 bridgehead atoms. The summed E-state index contributed by atoms with van der Waals surface area (Å²) in [4.78, 5) is 4.71. The van der Waals surface area contributed by atoms with Gasteiger partial charge in [0.25, 0.3) is 0 Å². The quantitative estimate of drug-likeness (QED) is 0.692. The van der Waals surface area contributed by atoms with Crippen LogP contribution in [0.25, 0.3) is 0 Å². The second-order valence-electron chi connectivity index (χ2n) is 5.89. The number of aromatic nitrogens is 2. The summed E-state index contributed by atoms with van der Waals surface area (Å²) in [5.41, 5.74) is 3.21. The standard InChI is InChI=1S/C19H16ClN3OS/c1-12-22-19-16(18(25-12)13-6-8-15(24)9-7-13)10-21-23(19)11-14-4-2-3-5-17(14)20/h2-10,18,24H,11H2,1H3/t18-/m1/s1. The first-order chi connectivity index (χ1) is 12.1. The van der Waals surface area contributed by atoms with Gasteiger partial charge in [-0.05, 0) is 36.2 Å². The van der Waals surface area contributed by atoms with Crippen LogP contribution in [0.1, 0.15) is 28.9 Å². The zero-order valence-electron chi connectivity index (χ0n) is 13.6. The number of aromatic hydroxyl groups is 1. The third-order valence-electron chi connectivity index (χ3n) is 4.15. The highest BCUT2D eigenvalue weighted by molar-refractivity contribution is 8.14. The van der Waals surface area contributed by atoms with Gasteiger partial charge in [0.15, 0.2) is 5.82 Å². The van der Waals surface area contributed by atoms with Crippen LogP contribution >= 0.6 is 23.4 Å². The van der Waals surface area contributed by atoms with Gasteiger partial charge in [-0.25, -0.2) is 9.67 Å². The number of benzene rings is 2. The summed E-state index contributed by atoms with van der Waals surface area (Å²) in [6, 6.07) is 15.1. The molecule has 0 saturated carbocycles. The fraction of sp³-hybridized carbons (Fsp3) is 0.158. The summed E-state index contributed by atoms with van der Waals surface area (Å²) < 4.78 is 1.90. The lowest BCUT2D eigenvalue weighted by Crippen LogP contribution is -2.07. The third kappa shape index (κ3) is 3.17. The minimum Gasteiger partial charge on any atom is -0.508 e. The molecule has 3 aromatic rings. The molecule has 6 heteroatoms. The lowest BCUT2D eigenvalue weighted by atomic mass is 10.1. The van der Waals surface area contributed by atoms with E-state index in [9.17, 15) is 5.11 Å². The Balaban J connectivity index is 1.73. The summed E-state index contributed by atoms with van der Waals surface area (Å²) >= 11 is 7.99. The van der Waals surface area contributed by atoms with Gasteiger partial charge in [0.1, 0.15) is 5.75 Å². The van der Waals surface area contributed by atoms with Crippen molar-refractivity contribution < 1.29 is 5.11 Å². The summed E-state index contributed by atoms with van der Waals surface area (Å²) in [7, 11) is 0. The molecule has 1 N–H and O–H groups in total. The fourth-order valence-electron chi connectivity index (χ4n) is 2.91. The first kappa shape index (κ1) is 16.2. The Kier molecular flexibility index (Phi) is 4.27. The average molecular weight is 370 g/mol. The minimum absolute atomic E-state index is 0.119. The molecule has 1 aliphatic heterocycles. The number of phenolic OH excluding ortho intramolecular Hbond substituents is 1. The molecule has 0 unspecified atom stereocenters. The van der Waals surface area contributed by atoms with Crippen molar-refractivity contribution in [1.82, 2.24) is 9.78 Å². The van der Waals surface area contributed by atoms with Crippen molar-refractivity contribution in [3.8, 4) is 5.75 Å². The highest BCUT2D eigenvalue weighted by Crippen LogP contribution is 2.45. The van der Waals surface area contributed by atoms with E-state index >= 15 is 0 Å². The van der Waals surface area contributed by atoms with E-state index in [1.807, 2.05) is 54.2 Å². The summed E-state index contributed by atoms with van der Waals surface area (Å²) in [6.07, 6.45) is 1.88. The number of halogens is 1. The van der Waals surface area contributed by atoms with Crippen molar-refractivity contribution in [3.63, 3.8) is 0 Å². The van der Waals surface area contributed by atoms with Gasteiger partial charge in [0.05, 0.1) is 23.0 Å². The van der Waals surface area contributed by atoms with Gasteiger partial charge in [0.2, 0.25) is 0 Å². The monoisotopic (exact) mass is 369 g/mol. The van der Waals surface area contributed by atoms with Crippen molar-refractivity contribution in [2.24, 2.45) is 4.99 Å². The second kappa shape index (κ2) is 6.58. The van der Waals surface area contributed by atoms with Crippen molar-refractivity contribution in [2.75, 3.05) is 0 Å². The zero-order chi connectivity index (χ0) is 17.4. The number of phenols is 1. The van der Waals surface area contributed by atoms with Gasteiger partial charge < -0.3 is 5.11 Å². The Morgan fingerprint density at radius 3 is 2.68 bits per heavy atom. The highest BCUT2D eigenvalue weighted by Gasteiger charge is 2.27. The fourth-order valence-corrected chi connectivity index (χ4v) is 4.17. The number of thioether (sulfide) groups is 1. The van der Waals surface area contributed by atoms with E-state index in [0.29, 0.717) is 6.54 Å². The van der Waals surface area contributed by atoms with Crippen LogP contribution in [-0.4, -0.2) is 19.9 Å². The minimum atomic E-state index is 0.119. The maximum absolute atomic E-state index is 9.54. The highest BCUT2D eigenvalue weighted by atomic mass is 35.5. The van der Waals surface area contributed by atoms with Crippen LogP contribution in [0, 0.1) is 0 Å². The van der Waals surface area contributed by atoms with Crippen LogP contribution in [0.4, 0.5) is 5.82 Å². The number of nitrogens with zero attached hydrogens (tertiary/aromatic N) is 3. The predicted octanol–water partition coefficient (Wildman–Crippen LogP) is 5.18. The Bertz CT molecular complexity index is 950. The Morgan fingerprint density at radius 1 is 1.16 bits per heavy atom. The largest absolute Gasteiger partial charge is 0.508 e. The maximum Gasteiger partial charge on any atom is 0.156 e. The van der Waals surface area contributed by atoms with E-state index in [1.54, 1.807) is 23.9 Å². The molecular formula is C19H16ClN3OS. The Morgan fingerprint density at radius 2 is 1.92 bits per heavy atom. The molecule has 1 atom stereocenters. The van der Waals surface area contributed by atoms with Crippen LogP contribution < -0.4 is 0 Å². The van der Waals surface area contributed by atoms with E-state index in [2.05, 4.69) is 5.10 Å². The molecule has 126 valence electrons. The normalized spacial score (nSPS) is 16.4. The lowest BCUT2D eigenvalue weighted by molar-refractivity contribution is 0.475. The molecule has 0 fully saturated rings. The number of fused-ring (bicyclic) bond motifs is 1. The molecule has 0 radical (unpaired) electrons. The molecule has 4 rings (SSSR count). The molecule has 2 aromatic carbocycles. The number of aliphatic imine (C=N–C) groups is 1. The van der Waals surface area contributed by atoms with E-state index in [-0.39, 0.29) is 11.0 Å². The molecule has 1 aliphatic rings. The Hall–Kier alpha value is -2.24. The molecular weight excluding hydrogens is 354 g/mol. The Labute approximate surface area is 155 Å². The molecule has 0 spiro atoms. The summed E-state index contributed by atoms with van der Waals surface area (Å²) in [5.74, 6) is 1.14. The molecule has 0 amide bonds. The van der Waals surface area contributed by atoms with E-state index in [0.717, 1.165) is 32.6 Å². The predicted molar refractivity (Wildman–Crippen MR) is 103 cm³/mol. The average Bonchev–Trinajstić information content (AvgIpc) is 3.00. The van der Waals surface area contributed by atoms with Gasteiger partial charge in [-0.15, -0.1) is 0 Å². The summed E-state index contributed by atoms with van der Waals surface area (Å²) in [6.45, 7) is 2.59. The lowest BCUT2D eigenvalue weighted by Gasteiger charge is -2.21. The molecule has 25 heavy (non-hydrogen) atoms. The van der Waals surface area contributed by atoms with Gasteiger partial charge >= 0.3 is 0 Å². The molecule has 0 saturated heterocycles. The second-order valence-corrected chi connectivity index (χ2v) is 7.60. The van der Waals surface area contributed by atoms with Crippen molar-refractivity contribution >= 4 is 34.2 Å². The molecule has 1 aromatic heterocycles. The topological polar surface area (TPSA) is 50.4 Å². The van der Waals surface area contributed by atoms with Crippen LogP contribution in [0.3, 0.4) is 0 Å².